The molecule has 2 N–H and O–H groups in total. The van der Waals surface area contributed by atoms with Crippen LogP contribution in [0.5, 0.6) is 5.75 Å². The van der Waals surface area contributed by atoms with Gasteiger partial charge in [-0.1, -0.05) is 18.3 Å². The van der Waals surface area contributed by atoms with Gasteiger partial charge in [-0.3, -0.25) is 0 Å². The molecule has 2 aromatic rings. The zero-order valence-electron chi connectivity index (χ0n) is 12.0. The number of alkyl halides is 3. The highest BCUT2D eigenvalue weighted by molar-refractivity contribution is 7.11. The third-order valence-electron chi connectivity index (χ3n) is 2.56. The minimum Gasteiger partial charge on any atom is -0.406 e. The number of nitrogens with one attached hydrogen (secondary N) is 2. The highest BCUT2D eigenvalue weighted by atomic mass is 32.1. The standard InChI is InChI=1S/C13H13F3N4O2S/c1-2-10-19-20-11(23-10)7-17-12(21)18-8-3-5-9(6-4-8)22-13(14,15)16/h3-6H,2,7H2,1H3,(H2,17,18,21). The number of amides is 2. The summed E-state index contributed by atoms with van der Waals surface area (Å²) in [7, 11) is 0. The zero-order chi connectivity index (χ0) is 16.9. The monoisotopic (exact) mass is 346 g/mol. The number of benzene rings is 1. The summed E-state index contributed by atoms with van der Waals surface area (Å²) in [5.74, 6) is -0.357. The number of urea groups is 1. The molecule has 0 spiro atoms. The van der Waals surface area contributed by atoms with Gasteiger partial charge in [0, 0.05) is 5.69 Å². The third-order valence-corrected chi connectivity index (χ3v) is 3.62. The number of hydrogen-bond acceptors (Lipinski definition) is 5. The van der Waals surface area contributed by atoms with Crippen molar-refractivity contribution in [1.29, 1.82) is 0 Å². The summed E-state index contributed by atoms with van der Waals surface area (Å²) in [4.78, 5) is 11.7. The molecule has 0 bridgehead atoms. The van der Waals surface area contributed by atoms with E-state index in [0.717, 1.165) is 23.6 Å². The van der Waals surface area contributed by atoms with E-state index in [1.54, 1.807) is 0 Å². The van der Waals surface area contributed by atoms with E-state index in [1.807, 2.05) is 6.92 Å². The van der Waals surface area contributed by atoms with Crippen LogP contribution in [0, 0.1) is 0 Å². The van der Waals surface area contributed by atoms with Gasteiger partial charge in [-0.15, -0.1) is 23.4 Å². The molecule has 1 aromatic heterocycles. The average molecular weight is 346 g/mol. The third kappa shape index (κ3) is 5.74. The fourth-order valence-corrected chi connectivity index (χ4v) is 2.30. The van der Waals surface area contributed by atoms with Crippen molar-refractivity contribution in [2.45, 2.75) is 26.3 Å². The summed E-state index contributed by atoms with van der Waals surface area (Å²) in [6.45, 7) is 2.18. The highest BCUT2D eigenvalue weighted by Gasteiger charge is 2.30. The lowest BCUT2D eigenvalue weighted by atomic mass is 10.3. The Labute approximate surface area is 133 Å². The fourth-order valence-electron chi connectivity index (χ4n) is 1.57. The number of carbonyl (C=O) groups excluding carboxylic acids is 1. The van der Waals surface area contributed by atoms with Gasteiger partial charge >= 0.3 is 12.4 Å². The van der Waals surface area contributed by atoms with Gasteiger partial charge in [0.1, 0.15) is 15.8 Å². The largest absolute Gasteiger partial charge is 0.573 e. The molecule has 0 aliphatic rings. The second-order valence-corrected chi connectivity index (χ2v) is 5.47. The molecular weight excluding hydrogens is 333 g/mol. The number of anilines is 1. The molecular formula is C13H13F3N4O2S. The molecule has 0 aliphatic heterocycles. The minimum atomic E-state index is -4.74. The molecule has 1 aromatic carbocycles. The van der Waals surface area contributed by atoms with Crippen LogP contribution in [0.4, 0.5) is 23.7 Å². The normalized spacial score (nSPS) is 11.1. The Bertz CT molecular complexity index is 658. The number of hydrogen-bond donors (Lipinski definition) is 2. The van der Waals surface area contributed by atoms with E-state index in [4.69, 9.17) is 0 Å². The molecule has 0 unspecified atom stereocenters. The second-order valence-electron chi connectivity index (χ2n) is 4.32. The predicted octanol–water partition coefficient (Wildman–Crippen LogP) is 3.32. The van der Waals surface area contributed by atoms with Crippen molar-refractivity contribution in [2.75, 3.05) is 5.32 Å². The summed E-state index contributed by atoms with van der Waals surface area (Å²) in [5.41, 5.74) is 0.337. The quantitative estimate of drug-likeness (QED) is 0.871. The van der Waals surface area contributed by atoms with Crippen LogP contribution in [-0.4, -0.2) is 22.6 Å². The van der Waals surface area contributed by atoms with E-state index in [-0.39, 0.29) is 12.3 Å². The summed E-state index contributed by atoms with van der Waals surface area (Å²) < 4.78 is 39.8. The van der Waals surface area contributed by atoms with Crippen molar-refractivity contribution >= 4 is 23.1 Å². The molecule has 0 saturated heterocycles. The van der Waals surface area contributed by atoms with Crippen molar-refractivity contribution < 1.29 is 22.7 Å². The first-order valence-corrected chi connectivity index (χ1v) is 7.39. The highest BCUT2D eigenvalue weighted by Crippen LogP contribution is 2.23. The van der Waals surface area contributed by atoms with Gasteiger partial charge in [0.25, 0.3) is 0 Å². The Hall–Kier alpha value is -2.36. The van der Waals surface area contributed by atoms with E-state index >= 15 is 0 Å². The van der Waals surface area contributed by atoms with Gasteiger partial charge in [-0.05, 0) is 30.7 Å². The molecule has 2 rings (SSSR count). The Morgan fingerprint density at radius 2 is 1.87 bits per heavy atom. The molecule has 6 nitrogen and oxygen atoms in total. The van der Waals surface area contributed by atoms with Gasteiger partial charge in [-0.25, -0.2) is 4.79 Å². The smallest absolute Gasteiger partial charge is 0.406 e. The van der Waals surface area contributed by atoms with E-state index in [2.05, 4.69) is 25.6 Å². The minimum absolute atomic E-state index is 0.221. The van der Waals surface area contributed by atoms with Gasteiger partial charge < -0.3 is 15.4 Å². The number of carbonyl (C=O) groups is 1. The molecule has 10 heteroatoms. The van der Waals surface area contributed by atoms with Crippen LogP contribution in [0.15, 0.2) is 24.3 Å². The molecule has 0 radical (unpaired) electrons. The van der Waals surface area contributed by atoms with Crippen molar-refractivity contribution in [3.05, 3.63) is 34.3 Å². The second kappa shape index (κ2) is 7.27. The lowest BCUT2D eigenvalue weighted by Crippen LogP contribution is -2.28. The molecule has 1 heterocycles. The number of nitrogens with zero attached hydrogens (tertiary/aromatic N) is 2. The number of aromatic nitrogens is 2. The van der Waals surface area contributed by atoms with Crippen LogP contribution < -0.4 is 15.4 Å². The van der Waals surface area contributed by atoms with Crippen LogP contribution in [0.3, 0.4) is 0 Å². The topological polar surface area (TPSA) is 76.1 Å². The molecule has 0 aliphatic carbocycles. The number of ether oxygens (including phenoxy) is 1. The molecule has 0 fully saturated rings. The maximum absolute atomic E-state index is 12.0. The van der Waals surface area contributed by atoms with Gasteiger partial charge in [0.05, 0.1) is 6.54 Å². The average Bonchev–Trinajstić information content (AvgIpc) is 2.94. The molecule has 124 valence electrons. The lowest BCUT2D eigenvalue weighted by Gasteiger charge is -2.10. The van der Waals surface area contributed by atoms with Crippen molar-refractivity contribution in [2.24, 2.45) is 0 Å². The van der Waals surface area contributed by atoms with Gasteiger partial charge in [0.2, 0.25) is 0 Å². The van der Waals surface area contributed by atoms with Crippen LogP contribution in [0.1, 0.15) is 16.9 Å². The maximum Gasteiger partial charge on any atom is 0.573 e. The van der Waals surface area contributed by atoms with Crippen LogP contribution in [0.25, 0.3) is 0 Å². The van der Waals surface area contributed by atoms with Gasteiger partial charge in [0.15, 0.2) is 0 Å². The van der Waals surface area contributed by atoms with Crippen LogP contribution >= 0.6 is 11.3 Å². The van der Waals surface area contributed by atoms with E-state index in [0.29, 0.717) is 10.7 Å². The number of aryl methyl sites for hydroxylation is 1. The lowest BCUT2D eigenvalue weighted by molar-refractivity contribution is -0.274. The van der Waals surface area contributed by atoms with Crippen LogP contribution in [0.2, 0.25) is 0 Å². The van der Waals surface area contributed by atoms with E-state index in [1.165, 1.54) is 23.5 Å². The Morgan fingerprint density at radius 3 is 2.43 bits per heavy atom. The maximum atomic E-state index is 12.0. The van der Waals surface area contributed by atoms with Crippen molar-refractivity contribution in [1.82, 2.24) is 15.5 Å². The Kier molecular flexibility index (Phi) is 5.37. The summed E-state index contributed by atoms with van der Waals surface area (Å²) >= 11 is 1.40. The van der Waals surface area contributed by atoms with Crippen molar-refractivity contribution in [3.63, 3.8) is 0 Å². The zero-order valence-corrected chi connectivity index (χ0v) is 12.8. The predicted molar refractivity (Wildman–Crippen MR) is 78.3 cm³/mol. The first-order chi connectivity index (χ1) is 10.9. The first-order valence-electron chi connectivity index (χ1n) is 6.57. The Morgan fingerprint density at radius 1 is 1.22 bits per heavy atom. The SMILES string of the molecule is CCc1nnc(CNC(=O)Nc2ccc(OC(F)(F)F)cc2)s1. The molecule has 0 atom stereocenters. The first kappa shape index (κ1) is 17.0. The summed E-state index contributed by atoms with van der Waals surface area (Å²) in [6.07, 6.45) is -3.97. The van der Waals surface area contributed by atoms with E-state index in [9.17, 15) is 18.0 Å². The summed E-state index contributed by atoms with van der Waals surface area (Å²) in [5, 5.41) is 14.5. The molecule has 0 saturated carbocycles. The van der Waals surface area contributed by atoms with Crippen molar-refractivity contribution in [3.8, 4) is 5.75 Å². The Balaban J connectivity index is 1.82. The van der Waals surface area contributed by atoms with E-state index < -0.39 is 12.4 Å². The molecule has 23 heavy (non-hydrogen) atoms. The number of rotatable bonds is 5. The fraction of sp³-hybridized carbons (Fsp3) is 0.308. The molecule has 2 amide bonds. The summed E-state index contributed by atoms with van der Waals surface area (Å²) in [6, 6.07) is 4.34. The van der Waals surface area contributed by atoms with Crippen LogP contribution in [-0.2, 0) is 13.0 Å². The van der Waals surface area contributed by atoms with Gasteiger partial charge in [-0.2, -0.15) is 0 Å². The number of halogens is 3.